The predicted octanol–water partition coefficient (Wildman–Crippen LogP) is 3.85. The van der Waals surface area contributed by atoms with Gasteiger partial charge in [0.05, 0.1) is 38.1 Å². The molecule has 4 aromatic rings. The van der Waals surface area contributed by atoms with Crippen LogP contribution >= 0.6 is 0 Å². The molecule has 0 unspecified atom stereocenters. The Morgan fingerprint density at radius 2 is 1.71 bits per heavy atom. The van der Waals surface area contributed by atoms with Crippen LogP contribution in [-0.4, -0.2) is 80.5 Å². The molecule has 0 radical (unpaired) electrons. The number of fused-ring (bicyclic) bond motifs is 1. The third-order valence-corrected chi connectivity index (χ3v) is 7.23. The Bertz CT molecular complexity index is 1510. The van der Waals surface area contributed by atoms with E-state index in [-0.39, 0.29) is 0 Å². The summed E-state index contributed by atoms with van der Waals surface area (Å²) in [7, 11) is 4.93. The summed E-state index contributed by atoms with van der Waals surface area (Å²) in [6, 6.07) is 15.8. The van der Waals surface area contributed by atoms with Gasteiger partial charge in [0.15, 0.2) is 11.5 Å². The molecule has 5 rings (SSSR count). The molecule has 10 heteroatoms. The average Bonchev–Trinajstić information content (AvgIpc) is 3.03. The molecule has 10 nitrogen and oxygen atoms in total. The summed E-state index contributed by atoms with van der Waals surface area (Å²) in [4.78, 5) is 18.4. The van der Waals surface area contributed by atoms with E-state index in [2.05, 4.69) is 25.8 Å². The van der Waals surface area contributed by atoms with Crippen molar-refractivity contribution in [2.75, 3.05) is 65.6 Å². The van der Waals surface area contributed by atoms with Gasteiger partial charge in [-0.1, -0.05) is 12.1 Å². The van der Waals surface area contributed by atoms with Gasteiger partial charge in [0.25, 0.3) is 0 Å². The highest BCUT2D eigenvalue weighted by Gasteiger charge is 2.20. The summed E-state index contributed by atoms with van der Waals surface area (Å²) in [5.74, 6) is 2.60. The number of piperazine rings is 1. The number of aromatic nitrogens is 3. The summed E-state index contributed by atoms with van der Waals surface area (Å²) < 4.78 is 21.9. The molecule has 1 aliphatic heterocycles. The van der Waals surface area contributed by atoms with Crippen LogP contribution in [0.4, 0.5) is 5.82 Å². The lowest BCUT2D eigenvalue weighted by Gasteiger charge is -2.35. The van der Waals surface area contributed by atoms with Crippen LogP contribution in [0.5, 0.6) is 17.4 Å². The third-order valence-electron chi connectivity index (χ3n) is 7.23. The van der Waals surface area contributed by atoms with Crippen LogP contribution in [0.25, 0.3) is 11.0 Å². The van der Waals surface area contributed by atoms with E-state index in [9.17, 15) is 5.26 Å². The number of anilines is 1. The number of hydrogen-bond donors (Lipinski definition) is 0. The van der Waals surface area contributed by atoms with Crippen LogP contribution in [0, 0.1) is 11.3 Å². The van der Waals surface area contributed by atoms with Crippen molar-refractivity contribution in [3.05, 3.63) is 77.1 Å². The third kappa shape index (κ3) is 6.65. The first-order valence-electron chi connectivity index (χ1n) is 13.6. The molecule has 1 saturated heterocycles. The highest BCUT2D eigenvalue weighted by molar-refractivity contribution is 5.83. The summed E-state index contributed by atoms with van der Waals surface area (Å²) in [5, 5.41) is 10.2. The summed E-state index contributed by atoms with van der Waals surface area (Å²) in [6.07, 6.45) is 4.07. The molecule has 0 aliphatic carbocycles. The molecule has 1 aliphatic rings. The number of ether oxygens (including phenoxy) is 4. The molecule has 41 heavy (non-hydrogen) atoms. The van der Waals surface area contributed by atoms with Crippen LogP contribution in [0.3, 0.4) is 0 Å². The van der Waals surface area contributed by atoms with Crippen LogP contribution < -0.4 is 19.1 Å². The van der Waals surface area contributed by atoms with E-state index in [0.717, 1.165) is 61.8 Å². The number of rotatable bonds is 11. The van der Waals surface area contributed by atoms with E-state index < -0.39 is 0 Å². The highest BCUT2D eigenvalue weighted by atomic mass is 16.5. The molecule has 0 bridgehead atoms. The first-order chi connectivity index (χ1) is 20.1. The Labute approximate surface area is 240 Å². The Morgan fingerprint density at radius 3 is 2.41 bits per heavy atom. The van der Waals surface area contributed by atoms with Crippen LogP contribution in [0.2, 0.25) is 0 Å². The normalized spacial score (nSPS) is 13.7. The number of hydrogen-bond acceptors (Lipinski definition) is 10. The molecule has 0 amide bonds. The fraction of sp³-hybridized carbons (Fsp3) is 0.355. The van der Waals surface area contributed by atoms with Crippen molar-refractivity contribution in [3.63, 3.8) is 0 Å². The van der Waals surface area contributed by atoms with Crippen LogP contribution in [-0.2, 0) is 17.8 Å². The quantitative estimate of drug-likeness (QED) is 0.271. The molecule has 2 aromatic heterocycles. The second kappa shape index (κ2) is 13.3. The number of nitriles is 1. The second-order valence-electron chi connectivity index (χ2n) is 9.79. The van der Waals surface area contributed by atoms with E-state index in [0.29, 0.717) is 47.0 Å². The highest BCUT2D eigenvalue weighted by Crippen LogP contribution is 2.31. The van der Waals surface area contributed by atoms with Crippen molar-refractivity contribution in [1.29, 1.82) is 5.26 Å². The molecule has 0 atom stereocenters. The van der Waals surface area contributed by atoms with Gasteiger partial charge in [0.2, 0.25) is 5.88 Å². The first kappa shape index (κ1) is 28.1. The minimum Gasteiger partial charge on any atom is -0.493 e. The topological polar surface area (TPSA) is 106 Å². The molecular formula is C31H34N6O4. The van der Waals surface area contributed by atoms with E-state index >= 15 is 0 Å². The van der Waals surface area contributed by atoms with E-state index in [4.69, 9.17) is 23.9 Å². The molecule has 3 heterocycles. The predicted molar refractivity (Wildman–Crippen MR) is 156 cm³/mol. The number of pyridine rings is 1. The van der Waals surface area contributed by atoms with Gasteiger partial charge >= 0.3 is 0 Å². The summed E-state index contributed by atoms with van der Waals surface area (Å²) in [6.45, 7) is 5.59. The molecule has 2 aromatic carbocycles. The second-order valence-corrected chi connectivity index (χ2v) is 9.79. The van der Waals surface area contributed by atoms with Crippen molar-refractivity contribution < 1.29 is 18.9 Å². The van der Waals surface area contributed by atoms with Gasteiger partial charge < -0.3 is 23.8 Å². The SMILES string of the molecule is COCCN1CCN(c2cnc3ccc(Cc4ccc(OCc5ccc(OC)nc5)c(OC)c4)c(C#N)c3n2)CC1. The van der Waals surface area contributed by atoms with Crippen LogP contribution in [0.15, 0.2) is 54.9 Å². The van der Waals surface area contributed by atoms with E-state index in [1.807, 2.05) is 36.4 Å². The fourth-order valence-corrected chi connectivity index (χ4v) is 4.89. The number of nitrogens with zero attached hydrogens (tertiary/aromatic N) is 6. The van der Waals surface area contributed by atoms with E-state index in [1.54, 1.807) is 39.8 Å². The monoisotopic (exact) mass is 554 g/mol. The zero-order valence-corrected chi connectivity index (χ0v) is 23.7. The molecule has 1 fully saturated rings. The van der Waals surface area contributed by atoms with Gasteiger partial charge in [-0.2, -0.15) is 5.26 Å². The van der Waals surface area contributed by atoms with Gasteiger partial charge in [-0.05, 0) is 41.8 Å². The lowest BCUT2D eigenvalue weighted by molar-refractivity contribution is 0.144. The van der Waals surface area contributed by atoms with Crippen molar-refractivity contribution in [2.24, 2.45) is 0 Å². The largest absolute Gasteiger partial charge is 0.493 e. The van der Waals surface area contributed by atoms with Gasteiger partial charge in [0, 0.05) is 57.7 Å². The zero-order valence-electron chi connectivity index (χ0n) is 23.7. The maximum atomic E-state index is 10.2. The standard InChI is InChI=1S/C31H34N6O4/c1-38-15-14-36-10-12-37(13-11-36)29-20-33-26-7-6-24(25(18-32)31(26)35-29)16-22-4-8-27(28(17-22)39-2)41-21-23-5-9-30(40-3)34-19-23/h4-9,17,19-20H,10-16,21H2,1-3H3. The van der Waals surface area contributed by atoms with E-state index in [1.165, 1.54) is 0 Å². The van der Waals surface area contributed by atoms with Gasteiger partial charge in [-0.15, -0.1) is 0 Å². The lowest BCUT2D eigenvalue weighted by atomic mass is 9.98. The average molecular weight is 555 g/mol. The fourth-order valence-electron chi connectivity index (χ4n) is 4.89. The minimum atomic E-state index is 0.346. The number of methoxy groups -OCH3 is 3. The van der Waals surface area contributed by atoms with Gasteiger partial charge in [0.1, 0.15) is 24.0 Å². The maximum Gasteiger partial charge on any atom is 0.212 e. The minimum absolute atomic E-state index is 0.346. The Kier molecular flexibility index (Phi) is 9.08. The Balaban J connectivity index is 1.32. The Hall–Kier alpha value is -4.46. The molecular weight excluding hydrogens is 520 g/mol. The Morgan fingerprint density at radius 1 is 0.878 bits per heavy atom. The zero-order chi connectivity index (χ0) is 28.6. The summed E-state index contributed by atoms with van der Waals surface area (Å²) >= 11 is 0. The van der Waals surface area contributed by atoms with Gasteiger partial charge in [-0.25, -0.2) is 9.97 Å². The number of benzene rings is 2. The summed E-state index contributed by atoms with van der Waals surface area (Å²) in [5.41, 5.74) is 4.68. The molecule has 0 N–H and O–H groups in total. The maximum absolute atomic E-state index is 10.2. The van der Waals surface area contributed by atoms with Gasteiger partial charge in [-0.3, -0.25) is 9.88 Å². The molecule has 0 spiro atoms. The lowest BCUT2D eigenvalue weighted by Crippen LogP contribution is -2.47. The van der Waals surface area contributed by atoms with Crippen molar-refractivity contribution >= 4 is 16.9 Å². The smallest absolute Gasteiger partial charge is 0.212 e. The van der Waals surface area contributed by atoms with Crippen molar-refractivity contribution in [2.45, 2.75) is 13.0 Å². The van der Waals surface area contributed by atoms with Crippen LogP contribution in [0.1, 0.15) is 22.3 Å². The first-order valence-corrected chi connectivity index (χ1v) is 13.6. The molecule has 0 saturated carbocycles. The van der Waals surface area contributed by atoms with Crippen molar-refractivity contribution in [1.82, 2.24) is 19.9 Å². The molecule has 212 valence electrons. The van der Waals surface area contributed by atoms with Crippen molar-refractivity contribution in [3.8, 4) is 23.4 Å².